The van der Waals surface area contributed by atoms with E-state index in [1.807, 2.05) is 14.7 Å². The third kappa shape index (κ3) is 3.16. The van der Waals surface area contributed by atoms with Crippen molar-refractivity contribution in [3.8, 4) is 0 Å². The summed E-state index contributed by atoms with van der Waals surface area (Å²) in [7, 11) is 0. The van der Waals surface area contributed by atoms with E-state index in [9.17, 15) is 19.5 Å². The van der Waals surface area contributed by atoms with Crippen LogP contribution in [-0.2, 0) is 9.59 Å². The van der Waals surface area contributed by atoms with E-state index in [0.717, 1.165) is 64.6 Å². The monoisotopic (exact) mass is 363 g/mol. The first-order valence-electron chi connectivity index (χ1n) is 10.1. The number of piperidine rings is 2. The van der Waals surface area contributed by atoms with Gasteiger partial charge < -0.3 is 19.8 Å². The predicted molar refractivity (Wildman–Crippen MR) is 94.5 cm³/mol. The lowest BCUT2D eigenvalue weighted by molar-refractivity contribution is -0.140. The molecular formula is C19H29N3O4. The van der Waals surface area contributed by atoms with Crippen LogP contribution in [0.4, 0.5) is 4.79 Å². The van der Waals surface area contributed by atoms with Crippen LogP contribution in [0.5, 0.6) is 0 Å². The lowest BCUT2D eigenvalue weighted by atomic mass is 9.89. The van der Waals surface area contributed by atoms with Crippen LogP contribution < -0.4 is 0 Å². The number of carboxylic acid groups (broad SMARTS) is 1. The number of aliphatic carboxylic acids is 1. The van der Waals surface area contributed by atoms with E-state index in [0.29, 0.717) is 19.6 Å². The maximum Gasteiger partial charge on any atom is 0.320 e. The predicted octanol–water partition coefficient (Wildman–Crippen LogP) is 1.63. The van der Waals surface area contributed by atoms with Crippen LogP contribution in [0.25, 0.3) is 0 Å². The zero-order chi connectivity index (χ0) is 18.3. The molecule has 0 aromatic carbocycles. The van der Waals surface area contributed by atoms with Gasteiger partial charge in [0.1, 0.15) is 0 Å². The summed E-state index contributed by atoms with van der Waals surface area (Å²) in [6.45, 7) is 4.30. The Kier molecular flexibility index (Phi) is 4.57. The minimum absolute atomic E-state index is 0.0487. The van der Waals surface area contributed by atoms with Crippen LogP contribution in [0.1, 0.15) is 44.9 Å². The molecule has 3 heterocycles. The van der Waals surface area contributed by atoms with Crippen molar-refractivity contribution >= 4 is 17.9 Å². The van der Waals surface area contributed by atoms with Crippen molar-refractivity contribution < 1.29 is 19.5 Å². The second-order valence-corrected chi connectivity index (χ2v) is 8.54. The summed E-state index contributed by atoms with van der Waals surface area (Å²) in [6.07, 6.45) is 6.27. The van der Waals surface area contributed by atoms with Gasteiger partial charge in [-0.1, -0.05) is 0 Å². The molecule has 26 heavy (non-hydrogen) atoms. The Morgan fingerprint density at radius 3 is 2.12 bits per heavy atom. The van der Waals surface area contributed by atoms with Gasteiger partial charge in [-0.05, 0) is 50.4 Å². The topological polar surface area (TPSA) is 81.2 Å². The van der Waals surface area contributed by atoms with Gasteiger partial charge in [0, 0.05) is 39.3 Å². The molecule has 144 valence electrons. The fraction of sp³-hybridized carbons (Fsp3) is 0.842. The molecule has 1 saturated carbocycles. The fourth-order valence-electron chi connectivity index (χ4n) is 5.14. The average Bonchev–Trinajstić information content (AvgIpc) is 3.10. The van der Waals surface area contributed by atoms with Crippen molar-refractivity contribution in [2.45, 2.75) is 44.9 Å². The van der Waals surface area contributed by atoms with Crippen molar-refractivity contribution in [2.24, 2.45) is 17.3 Å². The van der Waals surface area contributed by atoms with Crippen molar-refractivity contribution in [1.29, 1.82) is 0 Å². The highest BCUT2D eigenvalue weighted by molar-refractivity contribution is 5.81. The van der Waals surface area contributed by atoms with Gasteiger partial charge in [0.05, 0.1) is 11.8 Å². The van der Waals surface area contributed by atoms with E-state index in [1.165, 1.54) is 0 Å². The Morgan fingerprint density at radius 2 is 1.50 bits per heavy atom. The number of carbonyl (C=O) groups excluding carboxylic acids is 2. The van der Waals surface area contributed by atoms with E-state index >= 15 is 0 Å². The van der Waals surface area contributed by atoms with Gasteiger partial charge in [0.15, 0.2) is 0 Å². The van der Waals surface area contributed by atoms with Gasteiger partial charge in [0.2, 0.25) is 5.91 Å². The quantitative estimate of drug-likeness (QED) is 0.808. The lowest BCUT2D eigenvalue weighted by Crippen LogP contribution is -2.51. The van der Waals surface area contributed by atoms with Crippen molar-refractivity contribution in [2.75, 3.05) is 39.3 Å². The number of rotatable bonds is 2. The Hall–Kier alpha value is -1.79. The molecule has 2 atom stereocenters. The van der Waals surface area contributed by atoms with Gasteiger partial charge in [-0.25, -0.2) is 4.79 Å². The van der Waals surface area contributed by atoms with E-state index in [4.69, 9.17) is 0 Å². The van der Waals surface area contributed by atoms with Gasteiger partial charge in [-0.2, -0.15) is 0 Å². The summed E-state index contributed by atoms with van der Waals surface area (Å²) in [6, 6.07) is 0.0971. The Morgan fingerprint density at radius 1 is 0.846 bits per heavy atom. The molecule has 3 aliphatic heterocycles. The van der Waals surface area contributed by atoms with Crippen LogP contribution in [0.2, 0.25) is 0 Å². The van der Waals surface area contributed by atoms with Gasteiger partial charge in [0.25, 0.3) is 0 Å². The van der Waals surface area contributed by atoms with Crippen LogP contribution in [0.3, 0.4) is 0 Å². The summed E-state index contributed by atoms with van der Waals surface area (Å²) < 4.78 is 0. The molecule has 4 aliphatic rings. The van der Waals surface area contributed by atoms with E-state index in [2.05, 4.69) is 0 Å². The third-order valence-electron chi connectivity index (χ3n) is 6.98. The normalized spacial score (nSPS) is 30.5. The highest BCUT2D eigenvalue weighted by atomic mass is 16.4. The zero-order valence-corrected chi connectivity index (χ0v) is 15.4. The van der Waals surface area contributed by atoms with Crippen molar-refractivity contribution in [3.05, 3.63) is 0 Å². The number of hydrogen-bond donors (Lipinski definition) is 1. The number of likely N-dealkylation sites (tertiary alicyclic amines) is 3. The van der Waals surface area contributed by atoms with Crippen LogP contribution in [-0.4, -0.2) is 77.0 Å². The largest absolute Gasteiger partial charge is 0.481 e. The van der Waals surface area contributed by atoms with Crippen LogP contribution in [0.15, 0.2) is 0 Å². The average molecular weight is 363 g/mol. The molecule has 1 spiro atoms. The summed E-state index contributed by atoms with van der Waals surface area (Å²) in [5.74, 6) is -0.832. The lowest BCUT2D eigenvalue weighted by Gasteiger charge is -2.39. The molecule has 2 unspecified atom stereocenters. The smallest absolute Gasteiger partial charge is 0.320 e. The fourth-order valence-corrected chi connectivity index (χ4v) is 5.14. The maximum absolute atomic E-state index is 12.9. The summed E-state index contributed by atoms with van der Waals surface area (Å²) in [5, 5.41) is 9.20. The zero-order valence-electron chi connectivity index (χ0n) is 15.4. The molecule has 0 bridgehead atoms. The molecule has 4 rings (SSSR count). The Bertz CT molecular complexity index is 594. The van der Waals surface area contributed by atoms with Crippen molar-refractivity contribution in [1.82, 2.24) is 14.7 Å². The van der Waals surface area contributed by atoms with Gasteiger partial charge in [-0.15, -0.1) is 0 Å². The highest BCUT2D eigenvalue weighted by Crippen LogP contribution is 2.59. The molecule has 0 radical (unpaired) electrons. The first-order chi connectivity index (χ1) is 12.5. The number of amides is 3. The van der Waals surface area contributed by atoms with E-state index < -0.39 is 5.97 Å². The summed E-state index contributed by atoms with van der Waals surface area (Å²) in [5.41, 5.74) is -0.0487. The summed E-state index contributed by atoms with van der Waals surface area (Å²) >= 11 is 0. The van der Waals surface area contributed by atoms with Crippen LogP contribution in [0, 0.1) is 17.3 Å². The number of nitrogens with zero attached hydrogens (tertiary/aromatic N) is 3. The van der Waals surface area contributed by atoms with E-state index in [-0.39, 0.29) is 29.2 Å². The molecule has 7 nitrogen and oxygen atoms in total. The number of carbonyl (C=O) groups is 3. The van der Waals surface area contributed by atoms with Crippen molar-refractivity contribution in [3.63, 3.8) is 0 Å². The van der Waals surface area contributed by atoms with E-state index in [1.54, 1.807) is 0 Å². The molecule has 3 saturated heterocycles. The molecule has 4 fully saturated rings. The molecule has 3 amide bonds. The Balaban J connectivity index is 1.31. The first kappa shape index (κ1) is 17.6. The molecule has 7 heteroatoms. The molecule has 1 aliphatic carbocycles. The summed E-state index contributed by atoms with van der Waals surface area (Å²) in [4.78, 5) is 42.4. The number of urea groups is 1. The van der Waals surface area contributed by atoms with Gasteiger partial charge >= 0.3 is 12.0 Å². The molecule has 0 aromatic heterocycles. The third-order valence-corrected chi connectivity index (χ3v) is 6.98. The van der Waals surface area contributed by atoms with Gasteiger partial charge in [-0.3, -0.25) is 9.59 Å². The maximum atomic E-state index is 12.9. The Labute approximate surface area is 154 Å². The minimum atomic E-state index is -0.687. The molecular weight excluding hydrogens is 334 g/mol. The highest BCUT2D eigenvalue weighted by Gasteiger charge is 2.59. The standard InChI is InChI=1S/C19H29N3O4/c23-16(20-10-5-19(6-11-20)12-15(19)17(24)25)14-4-3-9-22(13-14)18(26)21-7-1-2-8-21/h14-15H,1-13H2,(H,24,25). The minimum Gasteiger partial charge on any atom is -0.481 e. The second kappa shape index (κ2) is 6.74. The number of carboxylic acids is 1. The SMILES string of the molecule is O=C(O)C1CC12CCN(C(=O)C1CCCN(C(=O)N3CCCC3)C1)CC2. The number of hydrogen-bond acceptors (Lipinski definition) is 3. The molecule has 1 N–H and O–H groups in total. The molecule has 0 aromatic rings. The first-order valence-corrected chi connectivity index (χ1v) is 10.1. The van der Waals surface area contributed by atoms with Crippen LogP contribution >= 0.6 is 0 Å². The second-order valence-electron chi connectivity index (χ2n) is 8.54.